The lowest BCUT2D eigenvalue weighted by Crippen LogP contribution is -2.52. The van der Waals surface area contributed by atoms with Gasteiger partial charge >= 0.3 is 6.09 Å². The Kier molecular flexibility index (Phi) is 3.89. The summed E-state index contributed by atoms with van der Waals surface area (Å²) in [5.41, 5.74) is -0.973. The summed E-state index contributed by atoms with van der Waals surface area (Å²) in [6, 6.07) is 0. The summed E-state index contributed by atoms with van der Waals surface area (Å²) >= 11 is 1.74. The van der Waals surface area contributed by atoms with Gasteiger partial charge in [-0.1, -0.05) is 0 Å². The van der Waals surface area contributed by atoms with Crippen molar-refractivity contribution in [3.05, 3.63) is 0 Å². The van der Waals surface area contributed by atoms with E-state index in [0.717, 1.165) is 17.9 Å². The van der Waals surface area contributed by atoms with E-state index in [1.807, 2.05) is 20.8 Å². The summed E-state index contributed by atoms with van der Waals surface area (Å²) in [6.07, 6.45) is 0.354. The molecular formula is C10H19NO3S. The first-order valence-corrected chi connectivity index (χ1v) is 6.22. The van der Waals surface area contributed by atoms with Crippen LogP contribution < -0.4 is 5.32 Å². The summed E-state index contributed by atoms with van der Waals surface area (Å²) in [5.74, 6) is 1.72. The third-order valence-electron chi connectivity index (χ3n) is 2.17. The Morgan fingerprint density at radius 1 is 1.60 bits per heavy atom. The van der Waals surface area contributed by atoms with Crippen LogP contribution in [0, 0.1) is 0 Å². The molecule has 1 rings (SSSR count). The molecule has 1 atom stereocenters. The number of hydrogen-bond donors (Lipinski definition) is 2. The number of carbonyl (C=O) groups is 1. The monoisotopic (exact) mass is 233 g/mol. The molecule has 2 N–H and O–H groups in total. The van der Waals surface area contributed by atoms with Crippen LogP contribution in [0.15, 0.2) is 0 Å². The fraction of sp³-hybridized carbons (Fsp3) is 0.900. The van der Waals surface area contributed by atoms with Crippen LogP contribution >= 0.6 is 11.8 Å². The number of aliphatic hydroxyl groups excluding tert-OH is 1. The topological polar surface area (TPSA) is 58.6 Å². The summed E-state index contributed by atoms with van der Waals surface area (Å²) in [5, 5.41) is 12.0. The highest BCUT2D eigenvalue weighted by molar-refractivity contribution is 7.99. The first-order valence-electron chi connectivity index (χ1n) is 5.07. The van der Waals surface area contributed by atoms with Gasteiger partial charge in [0.2, 0.25) is 0 Å². The predicted molar refractivity (Wildman–Crippen MR) is 61.1 cm³/mol. The second-order valence-corrected chi connectivity index (χ2v) is 5.97. The first kappa shape index (κ1) is 12.6. The minimum absolute atomic E-state index is 0.0285. The van der Waals surface area contributed by atoms with E-state index in [-0.39, 0.29) is 6.61 Å². The molecule has 0 aromatic carbocycles. The molecule has 0 aliphatic carbocycles. The van der Waals surface area contributed by atoms with E-state index in [0.29, 0.717) is 0 Å². The summed E-state index contributed by atoms with van der Waals surface area (Å²) in [6.45, 7) is 5.43. The first-order chi connectivity index (χ1) is 6.87. The van der Waals surface area contributed by atoms with Crippen LogP contribution in [-0.4, -0.2) is 40.5 Å². The molecule has 0 spiro atoms. The molecule has 4 nitrogen and oxygen atoms in total. The Hall–Kier alpha value is -0.420. The standard InChI is InChI=1S/C10H19NO3S/c1-9(2,3)14-8(13)11-10(6-12)4-5-15-7-10/h12H,4-7H2,1-3H3,(H,11,13). The second-order valence-electron chi connectivity index (χ2n) is 4.87. The van der Waals surface area contributed by atoms with Gasteiger partial charge in [0.1, 0.15) is 5.60 Å². The Labute approximate surface area is 94.8 Å². The predicted octanol–water partition coefficient (Wildman–Crippen LogP) is 1.38. The molecule has 1 heterocycles. The number of amides is 1. The lowest BCUT2D eigenvalue weighted by atomic mass is 10.0. The van der Waals surface area contributed by atoms with E-state index in [9.17, 15) is 9.90 Å². The van der Waals surface area contributed by atoms with E-state index in [4.69, 9.17) is 4.74 Å². The number of aliphatic hydroxyl groups is 1. The SMILES string of the molecule is CC(C)(C)OC(=O)NC1(CO)CCSC1. The minimum Gasteiger partial charge on any atom is -0.444 e. The molecule has 88 valence electrons. The molecular weight excluding hydrogens is 214 g/mol. The van der Waals surface area contributed by atoms with Crippen molar-refractivity contribution in [3.8, 4) is 0 Å². The third-order valence-corrected chi connectivity index (χ3v) is 3.42. The van der Waals surface area contributed by atoms with Crippen LogP contribution in [-0.2, 0) is 4.74 Å². The quantitative estimate of drug-likeness (QED) is 0.756. The van der Waals surface area contributed by atoms with Gasteiger partial charge in [0, 0.05) is 5.75 Å². The van der Waals surface area contributed by atoms with Crippen LogP contribution in [0.25, 0.3) is 0 Å². The van der Waals surface area contributed by atoms with Crippen molar-refractivity contribution in [3.63, 3.8) is 0 Å². The average Bonchev–Trinajstić information content (AvgIpc) is 2.50. The Morgan fingerprint density at radius 3 is 2.67 bits per heavy atom. The van der Waals surface area contributed by atoms with Crippen molar-refractivity contribution >= 4 is 17.9 Å². The van der Waals surface area contributed by atoms with Crippen molar-refractivity contribution in [1.29, 1.82) is 0 Å². The van der Waals surface area contributed by atoms with Gasteiger partial charge in [0.25, 0.3) is 0 Å². The summed E-state index contributed by atoms with van der Waals surface area (Å²) in [7, 11) is 0. The van der Waals surface area contributed by atoms with Crippen LogP contribution in [0.2, 0.25) is 0 Å². The Balaban J connectivity index is 2.49. The Morgan fingerprint density at radius 2 is 2.27 bits per heavy atom. The van der Waals surface area contributed by atoms with E-state index >= 15 is 0 Å². The van der Waals surface area contributed by atoms with Gasteiger partial charge in [-0.05, 0) is 32.9 Å². The van der Waals surface area contributed by atoms with Crippen LogP contribution in [0.5, 0.6) is 0 Å². The van der Waals surface area contributed by atoms with Gasteiger partial charge in [-0.3, -0.25) is 0 Å². The molecule has 1 aliphatic rings. The molecule has 1 saturated heterocycles. The maximum Gasteiger partial charge on any atom is 0.408 e. The molecule has 0 radical (unpaired) electrons. The van der Waals surface area contributed by atoms with Gasteiger partial charge in [0.05, 0.1) is 12.1 Å². The highest BCUT2D eigenvalue weighted by atomic mass is 32.2. The number of carbonyl (C=O) groups excluding carboxylic acids is 1. The van der Waals surface area contributed by atoms with Gasteiger partial charge in [-0.25, -0.2) is 4.79 Å². The molecule has 1 aliphatic heterocycles. The van der Waals surface area contributed by atoms with Crippen LogP contribution in [0.1, 0.15) is 27.2 Å². The highest BCUT2D eigenvalue weighted by Gasteiger charge is 2.36. The van der Waals surface area contributed by atoms with Crippen molar-refractivity contribution < 1.29 is 14.6 Å². The molecule has 0 aromatic rings. The van der Waals surface area contributed by atoms with Crippen LogP contribution in [0.3, 0.4) is 0 Å². The fourth-order valence-electron chi connectivity index (χ4n) is 1.39. The van der Waals surface area contributed by atoms with Crippen molar-refractivity contribution in [1.82, 2.24) is 5.32 Å². The minimum atomic E-state index is -0.494. The molecule has 0 aromatic heterocycles. The van der Waals surface area contributed by atoms with Gasteiger partial charge in [-0.2, -0.15) is 11.8 Å². The van der Waals surface area contributed by atoms with E-state index < -0.39 is 17.2 Å². The van der Waals surface area contributed by atoms with E-state index in [1.165, 1.54) is 0 Å². The lowest BCUT2D eigenvalue weighted by Gasteiger charge is -2.29. The zero-order valence-corrected chi connectivity index (χ0v) is 10.3. The molecule has 1 fully saturated rings. The normalized spacial score (nSPS) is 26.4. The molecule has 15 heavy (non-hydrogen) atoms. The number of ether oxygens (including phenoxy) is 1. The number of alkyl carbamates (subject to hydrolysis) is 1. The van der Waals surface area contributed by atoms with Crippen LogP contribution in [0.4, 0.5) is 4.79 Å². The van der Waals surface area contributed by atoms with Crippen molar-refractivity contribution in [2.75, 3.05) is 18.1 Å². The fourth-order valence-corrected chi connectivity index (χ4v) is 2.77. The number of rotatable bonds is 2. The molecule has 5 heteroatoms. The molecule has 1 amide bonds. The maximum atomic E-state index is 11.5. The van der Waals surface area contributed by atoms with Gasteiger partial charge in [0.15, 0.2) is 0 Å². The molecule has 0 bridgehead atoms. The van der Waals surface area contributed by atoms with Crippen molar-refractivity contribution in [2.45, 2.75) is 38.3 Å². The van der Waals surface area contributed by atoms with Gasteiger partial charge < -0.3 is 15.2 Å². The smallest absolute Gasteiger partial charge is 0.408 e. The zero-order chi connectivity index (χ0) is 11.5. The Bertz CT molecular complexity index is 231. The number of nitrogens with one attached hydrogen (secondary N) is 1. The highest BCUT2D eigenvalue weighted by Crippen LogP contribution is 2.27. The molecule has 1 unspecified atom stereocenters. The third kappa shape index (κ3) is 3.91. The van der Waals surface area contributed by atoms with Gasteiger partial charge in [-0.15, -0.1) is 0 Å². The van der Waals surface area contributed by atoms with E-state index in [2.05, 4.69) is 5.32 Å². The number of thioether (sulfide) groups is 1. The average molecular weight is 233 g/mol. The second kappa shape index (κ2) is 4.61. The maximum absolute atomic E-state index is 11.5. The number of hydrogen-bond acceptors (Lipinski definition) is 4. The summed E-state index contributed by atoms with van der Waals surface area (Å²) < 4.78 is 5.16. The zero-order valence-electron chi connectivity index (χ0n) is 9.50. The largest absolute Gasteiger partial charge is 0.444 e. The summed E-state index contributed by atoms with van der Waals surface area (Å²) in [4.78, 5) is 11.5. The van der Waals surface area contributed by atoms with E-state index in [1.54, 1.807) is 11.8 Å². The van der Waals surface area contributed by atoms with Crippen molar-refractivity contribution in [2.24, 2.45) is 0 Å². The lowest BCUT2D eigenvalue weighted by molar-refractivity contribution is 0.0422. The molecule has 0 saturated carbocycles.